The molecule has 2 aliphatic rings. The van der Waals surface area contributed by atoms with Crippen molar-refractivity contribution in [1.29, 1.82) is 0 Å². The molecule has 6 nitrogen and oxygen atoms in total. The summed E-state index contributed by atoms with van der Waals surface area (Å²) in [5.74, 6) is -0.0785. The average molecular weight is 338 g/mol. The minimum Gasteiger partial charge on any atom is -0.358 e. The lowest BCUT2D eigenvalue weighted by Crippen LogP contribution is -2.54. The van der Waals surface area contributed by atoms with Gasteiger partial charge in [0.1, 0.15) is 5.72 Å². The van der Waals surface area contributed by atoms with E-state index in [4.69, 9.17) is 4.74 Å². The zero-order valence-corrected chi connectivity index (χ0v) is 14.3. The minimum absolute atomic E-state index is 0.0785. The van der Waals surface area contributed by atoms with Crippen molar-refractivity contribution >= 4 is 15.8 Å². The Morgan fingerprint density at radius 1 is 1.13 bits per heavy atom. The summed E-state index contributed by atoms with van der Waals surface area (Å²) < 4.78 is 33.4. The molecule has 0 unspecified atom stereocenters. The number of hydrogen-bond donors (Lipinski definition) is 0. The van der Waals surface area contributed by atoms with E-state index in [2.05, 4.69) is 4.90 Å². The maximum absolute atomic E-state index is 13.0. The van der Waals surface area contributed by atoms with Gasteiger partial charge < -0.3 is 9.64 Å². The van der Waals surface area contributed by atoms with Crippen LogP contribution in [0, 0.1) is 0 Å². The van der Waals surface area contributed by atoms with E-state index in [1.165, 1.54) is 23.4 Å². The van der Waals surface area contributed by atoms with Gasteiger partial charge in [0, 0.05) is 38.0 Å². The number of ether oxygens (including phenoxy) is 1. The van der Waals surface area contributed by atoms with Crippen molar-refractivity contribution in [2.45, 2.75) is 30.4 Å². The number of carbonyl (C=O) groups excluding carboxylic acids is 1. The van der Waals surface area contributed by atoms with Crippen LogP contribution in [0.15, 0.2) is 29.2 Å². The number of ketones is 1. The van der Waals surface area contributed by atoms with Crippen LogP contribution in [-0.4, -0.2) is 62.4 Å². The smallest absolute Gasteiger partial charge is 0.245 e. The molecule has 0 atom stereocenters. The molecule has 23 heavy (non-hydrogen) atoms. The topological polar surface area (TPSA) is 66.9 Å². The number of Topliss-reactive ketones (excluding diaryl/α,β-unsaturated/α-hetero) is 1. The van der Waals surface area contributed by atoms with Crippen LogP contribution in [0.4, 0.5) is 0 Å². The molecule has 3 rings (SSSR count). The Labute approximate surface area is 137 Å². The minimum atomic E-state index is -3.63. The first-order chi connectivity index (χ1) is 10.8. The third kappa shape index (κ3) is 2.94. The molecule has 2 fully saturated rings. The van der Waals surface area contributed by atoms with Gasteiger partial charge in [0.05, 0.1) is 11.5 Å². The molecule has 0 saturated carbocycles. The first-order valence-electron chi connectivity index (χ1n) is 7.81. The van der Waals surface area contributed by atoms with E-state index in [1.807, 2.05) is 7.05 Å². The van der Waals surface area contributed by atoms with E-state index in [-0.39, 0.29) is 10.7 Å². The van der Waals surface area contributed by atoms with Gasteiger partial charge in [-0.3, -0.25) is 4.79 Å². The first kappa shape index (κ1) is 16.6. The Bertz CT molecular complexity index is 691. The number of carbonyl (C=O) groups is 1. The first-order valence-corrected chi connectivity index (χ1v) is 9.25. The van der Waals surface area contributed by atoms with Gasteiger partial charge in [-0.05, 0) is 26.1 Å². The third-order valence-corrected chi connectivity index (χ3v) is 6.70. The van der Waals surface area contributed by atoms with Gasteiger partial charge in [-0.15, -0.1) is 0 Å². The van der Waals surface area contributed by atoms with Crippen LogP contribution < -0.4 is 0 Å². The summed E-state index contributed by atoms with van der Waals surface area (Å²) >= 11 is 0. The number of hydrogen-bond acceptors (Lipinski definition) is 5. The fourth-order valence-corrected chi connectivity index (χ4v) is 5.01. The predicted molar refractivity (Wildman–Crippen MR) is 85.8 cm³/mol. The molecular formula is C16H22N2O4S. The highest BCUT2D eigenvalue weighted by Crippen LogP contribution is 2.37. The molecule has 0 N–H and O–H groups in total. The zero-order valence-electron chi connectivity index (χ0n) is 13.5. The van der Waals surface area contributed by atoms with Crippen molar-refractivity contribution in [3.63, 3.8) is 0 Å². The summed E-state index contributed by atoms with van der Waals surface area (Å²) in [5.41, 5.74) is -0.208. The van der Waals surface area contributed by atoms with Gasteiger partial charge in [0.25, 0.3) is 0 Å². The normalized spacial score (nSPS) is 22.5. The molecule has 0 aliphatic carbocycles. The van der Waals surface area contributed by atoms with Crippen LogP contribution >= 0.6 is 0 Å². The molecule has 7 heteroatoms. The molecule has 2 saturated heterocycles. The van der Waals surface area contributed by atoms with Crippen LogP contribution in [0.25, 0.3) is 0 Å². The summed E-state index contributed by atoms with van der Waals surface area (Å²) in [6.45, 7) is 3.89. The molecule has 126 valence electrons. The quantitative estimate of drug-likeness (QED) is 0.778. The summed E-state index contributed by atoms with van der Waals surface area (Å²) in [5, 5.41) is 0. The summed E-state index contributed by atoms with van der Waals surface area (Å²) in [4.78, 5) is 13.7. The second-order valence-electron chi connectivity index (χ2n) is 6.26. The summed E-state index contributed by atoms with van der Waals surface area (Å²) in [6.07, 6.45) is 1.35. The predicted octanol–water partition coefficient (Wildman–Crippen LogP) is 1.33. The standard InChI is InChI=1S/C16H22N2O4S/c1-13(19)14-3-5-15(6-4-14)23(20,21)18-11-12-22-16(18)7-9-17(2)10-8-16/h3-6H,7-12H2,1-2H3. The molecule has 0 amide bonds. The van der Waals surface area contributed by atoms with Crippen molar-refractivity contribution in [3.05, 3.63) is 29.8 Å². The molecule has 2 heterocycles. The second kappa shape index (κ2) is 5.98. The van der Waals surface area contributed by atoms with Crippen LogP contribution in [-0.2, 0) is 14.8 Å². The van der Waals surface area contributed by atoms with Crippen LogP contribution in [0.5, 0.6) is 0 Å². The van der Waals surface area contributed by atoms with E-state index in [1.54, 1.807) is 12.1 Å². The van der Waals surface area contributed by atoms with Crippen molar-refractivity contribution in [3.8, 4) is 0 Å². The number of likely N-dealkylation sites (tertiary alicyclic amines) is 1. The third-order valence-electron chi connectivity index (χ3n) is 4.74. The molecule has 2 aliphatic heterocycles. The fourth-order valence-electron chi connectivity index (χ4n) is 3.28. The van der Waals surface area contributed by atoms with E-state index in [0.717, 1.165) is 13.1 Å². The molecule has 0 aromatic heterocycles. The molecular weight excluding hydrogens is 316 g/mol. The number of rotatable bonds is 3. The lowest BCUT2D eigenvalue weighted by Gasteiger charge is -2.41. The van der Waals surface area contributed by atoms with Crippen molar-refractivity contribution in [2.24, 2.45) is 0 Å². The lowest BCUT2D eigenvalue weighted by molar-refractivity contribution is -0.0873. The number of sulfonamides is 1. The Morgan fingerprint density at radius 3 is 2.30 bits per heavy atom. The highest BCUT2D eigenvalue weighted by atomic mass is 32.2. The molecule has 1 spiro atoms. The Balaban J connectivity index is 1.90. The maximum Gasteiger partial charge on any atom is 0.245 e. The monoisotopic (exact) mass is 338 g/mol. The van der Waals surface area contributed by atoms with E-state index in [9.17, 15) is 13.2 Å². The van der Waals surface area contributed by atoms with Gasteiger partial charge in [0.2, 0.25) is 10.0 Å². The molecule has 1 aromatic rings. The van der Waals surface area contributed by atoms with Gasteiger partial charge >= 0.3 is 0 Å². The SMILES string of the molecule is CC(=O)c1ccc(S(=O)(=O)N2CCOC23CCN(C)CC3)cc1. The van der Waals surface area contributed by atoms with E-state index in [0.29, 0.717) is 31.6 Å². The number of nitrogens with zero attached hydrogens (tertiary/aromatic N) is 2. The van der Waals surface area contributed by atoms with Crippen molar-refractivity contribution in [1.82, 2.24) is 9.21 Å². The lowest BCUT2D eigenvalue weighted by atomic mass is 10.0. The summed E-state index contributed by atoms with van der Waals surface area (Å²) in [6, 6.07) is 6.14. The van der Waals surface area contributed by atoms with Gasteiger partial charge in [0.15, 0.2) is 5.78 Å². The molecule has 0 bridgehead atoms. The number of benzene rings is 1. The maximum atomic E-state index is 13.0. The van der Waals surface area contributed by atoms with Crippen molar-refractivity contribution < 1.29 is 17.9 Å². The van der Waals surface area contributed by atoms with Gasteiger partial charge in [-0.25, -0.2) is 8.42 Å². The largest absolute Gasteiger partial charge is 0.358 e. The molecule has 0 radical (unpaired) electrons. The molecule has 1 aromatic carbocycles. The number of piperidine rings is 1. The Morgan fingerprint density at radius 2 is 1.74 bits per heavy atom. The van der Waals surface area contributed by atoms with E-state index < -0.39 is 15.7 Å². The zero-order chi connectivity index (χ0) is 16.7. The highest BCUT2D eigenvalue weighted by molar-refractivity contribution is 7.89. The van der Waals surface area contributed by atoms with Crippen LogP contribution in [0.1, 0.15) is 30.1 Å². The highest BCUT2D eigenvalue weighted by Gasteiger charge is 2.50. The van der Waals surface area contributed by atoms with Crippen LogP contribution in [0.2, 0.25) is 0 Å². The summed E-state index contributed by atoms with van der Waals surface area (Å²) in [7, 11) is -1.60. The van der Waals surface area contributed by atoms with Gasteiger partial charge in [-0.2, -0.15) is 4.31 Å². The Kier molecular flexibility index (Phi) is 4.31. The fraction of sp³-hybridized carbons (Fsp3) is 0.562. The van der Waals surface area contributed by atoms with Gasteiger partial charge in [-0.1, -0.05) is 12.1 Å². The van der Waals surface area contributed by atoms with Crippen molar-refractivity contribution in [2.75, 3.05) is 33.3 Å². The van der Waals surface area contributed by atoms with E-state index >= 15 is 0 Å². The average Bonchev–Trinajstić information content (AvgIpc) is 2.95. The second-order valence-corrected chi connectivity index (χ2v) is 8.12. The Hall–Kier alpha value is -1.28. The van der Waals surface area contributed by atoms with Crippen LogP contribution in [0.3, 0.4) is 0 Å².